The van der Waals surface area contributed by atoms with E-state index >= 15 is 0 Å². The van der Waals surface area contributed by atoms with Gasteiger partial charge in [-0.2, -0.15) is 0 Å². The summed E-state index contributed by atoms with van der Waals surface area (Å²) in [6.07, 6.45) is 1.47. The summed E-state index contributed by atoms with van der Waals surface area (Å²) in [5.41, 5.74) is 0. The first kappa shape index (κ1) is 15.2. The van der Waals surface area contributed by atoms with Crippen molar-refractivity contribution in [2.24, 2.45) is 0 Å². The van der Waals surface area contributed by atoms with Crippen LogP contribution in [0.2, 0.25) is 0 Å². The highest BCUT2D eigenvalue weighted by atomic mass is 32.2. The van der Waals surface area contributed by atoms with Crippen LogP contribution in [0, 0.1) is 0 Å². The highest BCUT2D eigenvalue weighted by molar-refractivity contribution is 7.89. The van der Waals surface area contributed by atoms with Gasteiger partial charge in [0.25, 0.3) is 5.91 Å². The van der Waals surface area contributed by atoms with Crippen LogP contribution in [0.1, 0.15) is 15.4 Å². The Bertz CT molecular complexity index is 747. The van der Waals surface area contributed by atoms with E-state index in [9.17, 15) is 13.2 Å². The van der Waals surface area contributed by atoms with Gasteiger partial charge in [-0.15, -0.1) is 11.3 Å². The van der Waals surface area contributed by atoms with E-state index in [1.807, 2.05) is 0 Å². The monoisotopic (exact) mass is 342 g/mol. The van der Waals surface area contributed by atoms with Crippen molar-refractivity contribution in [1.82, 2.24) is 10.0 Å². The van der Waals surface area contributed by atoms with Crippen LogP contribution in [0.3, 0.4) is 0 Å². The number of sulfonamides is 1. The molecule has 1 amide bonds. The number of hydrogen-bond donors (Lipinski definition) is 2. The number of thiophene rings is 1. The fraction of sp³-hybridized carbons (Fsp3) is 0.308. The third kappa shape index (κ3) is 3.22. The minimum Gasteiger partial charge on any atom is -0.468 e. The normalized spacial score (nSPS) is 15.5. The molecule has 9 heteroatoms. The van der Waals surface area contributed by atoms with Crippen LogP contribution in [0.5, 0.6) is 0 Å². The van der Waals surface area contributed by atoms with E-state index in [0.29, 0.717) is 19.0 Å². The van der Waals surface area contributed by atoms with Gasteiger partial charge in [0, 0.05) is 0 Å². The maximum Gasteiger partial charge on any atom is 0.263 e. The SMILES string of the molecule is O=C(NC1COC1)c1sccc1S(=O)(=O)NCc1ccco1. The van der Waals surface area contributed by atoms with Crippen LogP contribution in [-0.2, 0) is 21.3 Å². The van der Waals surface area contributed by atoms with E-state index in [2.05, 4.69) is 10.0 Å². The maximum atomic E-state index is 12.3. The molecule has 0 unspecified atom stereocenters. The molecule has 118 valence electrons. The molecule has 3 heterocycles. The van der Waals surface area contributed by atoms with Gasteiger partial charge in [0.15, 0.2) is 0 Å². The number of furan rings is 1. The van der Waals surface area contributed by atoms with Gasteiger partial charge in [-0.3, -0.25) is 4.79 Å². The van der Waals surface area contributed by atoms with E-state index in [-0.39, 0.29) is 22.4 Å². The molecule has 1 aliphatic rings. The zero-order valence-electron chi connectivity index (χ0n) is 11.4. The number of hydrogen-bond acceptors (Lipinski definition) is 6. The van der Waals surface area contributed by atoms with Crippen LogP contribution in [0.4, 0.5) is 0 Å². The lowest BCUT2D eigenvalue weighted by atomic mass is 10.2. The zero-order chi connectivity index (χ0) is 15.6. The van der Waals surface area contributed by atoms with E-state index in [4.69, 9.17) is 9.15 Å². The first-order valence-corrected chi connectivity index (χ1v) is 8.91. The fourth-order valence-corrected chi connectivity index (χ4v) is 4.22. The van der Waals surface area contributed by atoms with Crippen molar-refractivity contribution < 1.29 is 22.4 Å². The van der Waals surface area contributed by atoms with Crippen LogP contribution >= 0.6 is 11.3 Å². The molecule has 0 bridgehead atoms. The molecule has 0 radical (unpaired) electrons. The molecule has 0 aliphatic carbocycles. The third-order valence-electron chi connectivity index (χ3n) is 3.11. The van der Waals surface area contributed by atoms with Gasteiger partial charge in [0.2, 0.25) is 10.0 Å². The van der Waals surface area contributed by atoms with Gasteiger partial charge in [-0.1, -0.05) is 0 Å². The maximum absolute atomic E-state index is 12.3. The van der Waals surface area contributed by atoms with Crippen molar-refractivity contribution in [2.75, 3.05) is 13.2 Å². The topological polar surface area (TPSA) is 97.6 Å². The summed E-state index contributed by atoms with van der Waals surface area (Å²) in [4.78, 5) is 12.3. The third-order valence-corrected chi connectivity index (χ3v) is 5.60. The highest BCUT2D eigenvalue weighted by Gasteiger charge is 2.27. The summed E-state index contributed by atoms with van der Waals surface area (Å²) in [6.45, 7) is 0.939. The molecule has 1 saturated heterocycles. The van der Waals surface area contributed by atoms with E-state index < -0.39 is 15.9 Å². The lowest BCUT2D eigenvalue weighted by Gasteiger charge is -2.26. The predicted molar refractivity (Wildman–Crippen MR) is 79.1 cm³/mol. The summed E-state index contributed by atoms with van der Waals surface area (Å²) in [7, 11) is -3.78. The zero-order valence-corrected chi connectivity index (χ0v) is 13.1. The number of carbonyl (C=O) groups is 1. The Morgan fingerprint density at radius 1 is 1.36 bits per heavy atom. The molecule has 2 aromatic heterocycles. The molecule has 2 N–H and O–H groups in total. The number of ether oxygens (including phenoxy) is 1. The summed E-state index contributed by atoms with van der Waals surface area (Å²) < 4.78 is 37.1. The van der Waals surface area contributed by atoms with Gasteiger partial charge in [-0.05, 0) is 23.6 Å². The lowest BCUT2D eigenvalue weighted by molar-refractivity contribution is -0.00343. The molecule has 7 nitrogen and oxygen atoms in total. The Labute approximate surface area is 131 Å². The smallest absolute Gasteiger partial charge is 0.263 e. The number of carbonyl (C=O) groups excluding carboxylic acids is 1. The van der Waals surface area contributed by atoms with Crippen LogP contribution in [-0.4, -0.2) is 33.6 Å². The highest BCUT2D eigenvalue weighted by Crippen LogP contribution is 2.22. The second-order valence-corrected chi connectivity index (χ2v) is 7.38. The second-order valence-electron chi connectivity index (χ2n) is 4.73. The average molecular weight is 342 g/mol. The summed E-state index contributed by atoms with van der Waals surface area (Å²) in [5.74, 6) is 0.0955. The van der Waals surface area contributed by atoms with Crippen molar-refractivity contribution in [2.45, 2.75) is 17.5 Å². The standard InChI is InChI=1S/C13H14N2O5S2/c16-13(15-9-7-19-8-9)12-11(3-5-21-12)22(17,18)14-6-10-2-1-4-20-10/h1-5,9,14H,6-8H2,(H,15,16). The van der Waals surface area contributed by atoms with E-state index in [1.54, 1.807) is 17.5 Å². The molecule has 0 spiro atoms. The van der Waals surface area contributed by atoms with Crippen LogP contribution in [0.15, 0.2) is 39.2 Å². The number of nitrogens with one attached hydrogen (secondary N) is 2. The molecule has 0 aromatic carbocycles. The Balaban J connectivity index is 1.73. The lowest BCUT2D eigenvalue weighted by Crippen LogP contribution is -2.48. The van der Waals surface area contributed by atoms with Crippen molar-refractivity contribution >= 4 is 27.3 Å². The number of rotatable bonds is 6. The summed E-state index contributed by atoms with van der Waals surface area (Å²) in [5, 5.41) is 4.31. The molecule has 22 heavy (non-hydrogen) atoms. The summed E-state index contributed by atoms with van der Waals surface area (Å²) >= 11 is 1.09. The Kier molecular flexibility index (Phi) is 4.30. The summed E-state index contributed by atoms with van der Waals surface area (Å²) in [6, 6.07) is 4.70. The van der Waals surface area contributed by atoms with Crippen molar-refractivity contribution in [1.29, 1.82) is 0 Å². The van der Waals surface area contributed by atoms with Gasteiger partial charge in [0.05, 0.1) is 32.1 Å². The van der Waals surface area contributed by atoms with Crippen molar-refractivity contribution in [3.63, 3.8) is 0 Å². The van der Waals surface area contributed by atoms with Gasteiger partial charge in [-0.25, -0.2) is 13.1 Å². The second kappa shape index (κ2) is 6.21. The number of amides is 1. The van der Waals surface area contributed by atoms with E-state index in [1.165, 1.54) is 12.3 Å². The molecule has 0 saturated carbocycles. The Morgan fingerprint density at radius 3 is 2.82 bits per heavy atom. The molecule has 3 rings (SSSR count). The Hall–Kier alpha value is -1.68. The predicted octanol–water partition coefficient (Wildman–Crippen LogP) is 0.948. The minimum atomic E-state index is -3.78. The molecular weight excluding hydrogens is 328 g/mol. The molecular formula is C13H14N2O5S2. The first-order valence-electron chi connectivity index (χ1n) is 6.54. The van der Waals surface area contributed by atoms with Crippen molar-refractivity contribution in [3.8, 4) is 0 Å². The quantitative estimate of drug-likeness (QED) is 0.814. The minimum absolute atomic E-state index is 0.0261. The Morgan fingerprint density at radius 2 is 2.18 bits per heavy atom. The van der Waals surface area contributed by atoms with Crippen LogP contribution in [0.25, 0.3) is 0 Å². The molecule has 1 fully saturated rings. The average Bonchev–Trinajstić information content (AvgIpc) is 3.11. The van der Waals surface area contributed by atoms with E-state index in [0.717, 1.165) is 11.3 Å². The van der Waals surface area contributed by atoms with Gasteiger partial charge < -0.3 is 14.5 Å². The molecule has 1 aliphatic heterocycles. The van der Waals surface area contributed by atoms with Crippen LogP contribution < -0.4 is 10.0 Å². The van der Waals surface area contributed by atoms with Gasteiger partial charge >= 0.3 is 0 Å². The molecule has 2 aromatic rings. The van der Waals surface area contributed by atoms with Crippen molar-refractivity contribution in [3.05, 3.63) is 40.5 Å². The van der Waals surface area contributed by atoms with Gasteiger partial charge in [0.1, 0.15) is 15.5 Å². The largest absolute Gasteiger partial charge is 0.468 e. The molecule has 0 atom stereocenters. The first-order chi connectivity index (χ1) is 10.6. The fourth-order valence-electron chi connectivity index (χ4n) is 1.90.